The van der Waals surface area contributed by atoms with E-state index in [4.69, 9.17) is 0 Å². The van der Waals surface area contributed by atoms with Gasteiger partial charge in [-0.3, -0.25) is 0 Å². The third-order valence-electron chi connectivity index (χ3n) is 0.927. The van der Waals surface area contributed by atoms with Crippen LogP contribution in [-0.4, -0.2) is 16.1 Å². The van der Waals surface area contributed by atoms with Gasteiger partial charge in [-0.2, -0.15) is 0 Å². The molecular weight excluding hydrogens is 136 g/mol. The van der Waals surface area contributed by atoms with Gasteiger partial charge in [0.05, 0.1) is 5.25 Å². The fraction of sp³-hybridized carbons (Fsp3) is 0.667. The van der Waals surface area contributed by atoms with Crippen LogP contribution in [0.5, 0.6) is 0 Å². The second kappa shape index (κ2) is 3.32. The molecule has 0 aliphatic carbocycles. The molecule has 0 amide bonds. The van der Waals surface area contributed by atoms with Crippen LogP contribution in [0.25, 0.3) is 0 Å². The Bertz CT molecular complexity index is 114. The summed E-state index contributed by atoms with van der Waals surface area (Å²) in [6.07, 6.45) is 0. The average molecular weight is 144 g/mol. The minimum atomic E-state index is 0.630. The van der Waals surface area contributed by atoms with Gasteiger partial charge < -0.3 is 0 Å². The van der Waals surface area contributed by atoms with Gasteiger partial charge in [0.2, 0.25) is 0 Å². The molecule has 1 atom stereocenters. The highest BCUT2D eigenvalue weighted by molar-refractivity contribution is 8.19. The Morgan fingerprint density at radius 1 is 1.62 bits per heavy atom. The van der Waals surface area contributed by atoms with Crippen LogP contribution in [-0.2, 0) is 0 Å². The van der Waals surface area contributed by atoms with Crippen molar-refractivity contribution in [2.24, 2.45) is 0 Å². The van der Waals surface area contributed by atoms with Crippen molar-refractivity contribution in [3.63, 3.8) is 0 Å². The number of hydrogen-bond acceptors (Lipinski definition) is 2. The Hall–Kier alpha value is 0.260. The fourth-order valence-corrected chi connectivity index (χ4v) is 3.18. The molecule has 1 heterocycles. The summed E-state index contributed by atoms with van der Waals surface area (Å²) in [5, 5.41) is 1.87. The highest BCUT2D eigenvalue weighted by Crippen LogP contribution is 2.28. The summed E-state index contributed by atoms with van der Waals surface area (Å²) >= 11 is 3.94. The fourth-order valence-electron chi connectivity index (χ4n) is 0.578. The zero-order valence-corrected chi connectivity index (χ0v) is 6.44. The minimum Gasteiger partial charge on any atom is -0.149 e. The molecule has 1 aliphatic rings. The lowest BCUT2D eigenvalue weighted by Gasteiger charge is -1.90. The lowest BCUT2D eigenvalue weighted by atomic mass is 10.5. The van der Waals surface area contributed by atoms with Crippen LogP contribution >= 0.6 is 23.5 Å². The summed E-state index contributed by atoms with van der Waals surface area (Å²) in [6, 6.07) is 0. The third kappa shape index (κ3) is 1.65. The van der Waals surface area contributed by atoms with Gasteiger partial charge in [0.15, 0.2) is 0 Å². The molecule has 0 N–H and O–H groups in total. The molecule has 1 fully saturated rings. The van der Waals surface area contributed by atoms with E-state index in [9.17, 15) is 0 Å². The maximum absolute atomic E-state index is 3.14. The number of rotatable bonds is 0. The van der Waals surface area contributed by atoms with Crippen LogP contribution in [0.1, 0.15) is 6.92 Å². The van der Waals surface area contributed by atoms with E-state index in [-0.39, 0.29) is 0 Å². The maximum Gasteiger partial charge on any atom is 0.0755 e. The Balaban J connectivity index is 2.32. The van der Waals surface area contributed by atoms with Crippen molar-refractivity contribution < 1.29 is 0 Å². The number of thioether (sulfide) groups is 2. The molecule has 0 aromatic rings. The van der Waals surface area contributed by atoms with Crippen LogP contribution in [0.2, 0.25) is 0 Å². The summed E-state index contributed by atoms with van der Waals surface area (Å²) in [6.45, 7) is 1.91. The molecule has 0 bridgehead atoms. The van der Waals surface area contributed by atoms with E-state index in [0.717, 1.165) is 0 Å². The van der Waals surface area contributed by atoms with Gasteiger partial charge in [0, 0.05) is 10.8 Å². The molecule has 1 aliphatic heterocycles. The Labute approximate surface area is 58.8 Å². The summed E-state index contributed by atoms with van der Waals surface area (Å²) in [5.41, 5.74) is 0. The first-order valence-corrected chi connectivity index (χ1v) is 4.75. The van der Waals surface area contributed by atoms with E-state index in [1.165, 1.54) is 10.8 Å². The molecule has 1 rings (SSSR count). The summed E-state index contributed by atoms with van der Waals surface area (Å²) in [5.74, 6) is 7.29. The van der Waals surface area contributed by atoms with Gasteiger partial charge in [0.1, 0.15) is 0 Å². The van der Waals surface area contributed by atoms with Crippen molar-refractivity contribution in [1.29, 1.82) is 0 Å². The predicted molar refractivity (Wildman–Crippen MR) is 42.2 cm³/mol. The van der Waals surface area contributed by atoms with Crippen LogP contribution in [0.4, 0.5) is 0 Å². The smallest absolute Gasteiger partial charge is 0.0755 e. The van der Waals surface area contributed by atoms with Crippen molar-refractivity contribution in [3.8, 4) is 11.8 Å². The topological polar surface area (TPSA) is 0 Å². The Morgan fingerprint density at radius 2 is 2.50 bits per heavy atom. The molecule has 0 spiro atoms. The second-order valence-electron chi connectivity index (χ2n) is 1.54. The molecular formula is C6H8S2. The van der Waals surface area contributed by atoms with Gasteiger partial charge in [-0.15, -0.1) is 29.4 Å². The largest absolute Gasteiger partial charge is 0.149 e. The number of hydrogen-bond donors (Lipinski definition) is 0. The molecule has 8 heavy (non-hydrogen) atoms. The lowest BCUT2D eigenvalue weighted by Crippen LogP contribution is -1.93. The molecule has 0 radical (unpaired) electrons. The summed E-state index contributed by atoms with van der Waals surface area (Å²) in [7, 11) is 0. The van der Waals surface area contributed by atoms with Crippen molar-refractivity contribution in [1.82, 2.24) is 0 Å². The highest BCUT2D eigenvalue weighted by atomic mass is 32.2. The molecule has 44 valence electrons. The maximum atomic E-state index is 3.14. The van der Waals surface area contributed by atoms with E-state index in [2.05, 4.69) is 11.8 Å². The van der Waals surface area contributed by atoms with Gasteiger partial charge in [-0.05, 0) is 6.92 Å². The zero-order valence-electron chi connectivity index (χ0n) is 4.81. The lowest BCUT2D eigenvalue weighted by molar-refractivity contribution is 1.34. The molecule has 0 saturated carbocycles. The summed E-state index contributed by atoms with van der Waals surface area (Å²) < 4.78 is 0. The summed E-state index contributed by atoms with van der Waals surface area (Å²) in [4.78, 5) is 0. The quantitative estimate of drug-likeness (QED) is 0.476. The molecule has 2 heteroatoms. The first-order chi connectivity index (χ1) is 3.93. The normalized spacial score (nSPS) is 26.9. The molecule has 0 aromatic heterocycles. The SMILES string of the molecule is CC#CC1CSCS1. The Morgan fingerprint density at radius 3 is 3.00 bits per heavy atom. The van der Waals surface area contributed by atoms with Crippen molar-refractivity contribution in [2.45, 2.75) is 12.2 Å². The van der Waals surface area contributed by atoms with Crippen molar-refractivity contribution in [2.75, 3.05) is 10.8 Å². The van der Waals surface area contributed by atoms with E-state index in [1.807, 2.05) is 30.4 Å². The van der Waals surface area contributed by atoms with Crippen molar-refractivity contribution in [3.05, 3.63) is 0 Å². The molecule has 1 saturated heterocycles. The zero-order chi connectivity index (χ0) is 5.82. The van der Waals surface area contributed by atoms with Crippen molar-refractivity contribution >= 4 is 23.5 Å². The van der Waals surface area contributed by atoms with Crippen LogP contribution in [0, 0.1) is 11.8 Å². The first kappa shape index (κ1) is 6.38. The van der Waals surface area contributed by atoms with Gasteiger partial charge in [0.25, 0.3) is 0 Å². The third-order valence-corrected chi connectivity index (χ3v) is 3.61. The highest BCUT2D eigenvalue weighted by Gasteiger charge is 2.11. The van der Waals surface area contributed by atoms with E-state index in [1.54, 1.807) is 0 Å². The van der Waals surface area contributed by atoms with Gasteiger partial charge in [-0.25, -0.2) is 0 Å². The van der Waals surface area contributed by atoms with Crippen LogP contribution < -0.4 is 0 Å². The van der Waals surface area contributed by atoms with Gasteiger partial charge in [-0.1, -0.05) is 5.92 Å². The first-order valence-electron chi connectivity index (χ1n) is 2.55. The standard InChI is InChI=1S/C6H8S2/c1-2-3-6-4-7-5-8-6/h6H,4-5H2,1H3. The second-order valence-corrected chi connectivity index (χ2v) is 4.13. The van der Waals surface area contributed by atoms with Crippen LogP contribution in [0.3, 0.4) is 0 Å². The monoisotopic (exact) mass is 144 g/mol. The average Bonchev–Trinajstić information content (AvgIpc) is 2.19. The molecule has 1 unspecified atom stereocenters. The van der Waals surface area contributed by atoms with E-state index >= 15 is 0 Å². The van der Waals surface area contributed by atoms with E-state index < -0.39 is 0 Å². The molecule has 0 nitrogen and oxygen atoms in total. The molecule has 0 aromatic carbocycles. The predicted octanol–water partition coefficient (Wildman–Crippen LogP) is 1.82. The minimum absolute atomic E-state index is 0.630. The van der Waals surface area contributed by atoms with E-state index in [0.29, 0.717) is 5.25 Å². The van der Waals surface area contributed by atoms with Gasteiger partial charge >= 0.3 is 0 Å². The van der Waals surface area contributed by atoms with Crippen LogP contribution in [0.15, 0.2) is 0 Å². The Kier molecular flexibility index (Phi) is 2.65.